The molecule has 2 aromatic rings. The fourth-order valence-electron chi connectivity index (χ4n) is 1.71. The zero-order valence-electron chi connectivity index (χ0n) is 8.92. The summed E-state index contributed by atoms with van der Waals surface area (Å²) < 4.78 is 5.44. The van der Waals surface area contributed by atoms with E-state index in [0.717, 1.165) is 17.7 Å². The summed E-state index contributed by atoms with van der Waals surface area (Å²) in [5.74, 6) is 0.908. The number of rotatable bonds is 4. The molecule has 0 saturated carbocycles. The Bertz CT molecular complexity index is 444. The number of hydrogen-bond acceptors (Lipinski definition) is 2. The van der Waals surface area contributed by atoms with E-state index >= 15 is 0 Å². The highest BCUT2D eigenvalue weighted by atomic mass is 16.5. The molecular formula is C12H16N2O. The van der Waals surface area contributed by atoms with Crippen molar-refractivity contribution in [2.24, 2.45) is 5.73 Å². The Labute approximate surface area is 89.2 Å². The van der Waals surface area contributed by atoms with Crippen molar-refractivity contribution < 1.29 is 4.74 Å². The molecule has 15 heavy (non-hydrogen) atoms. The minimum absolute atomic E-state index is 0.672. The second-order valence-electron chi connectivity index (χ2n) is 3.52. The molecule has 0 saturated heterocycles. The van der Waals surface area contributed by atoms with E-state index in [1.54, 1.807) is 0 Å². The van der Waals surface area contributed by atoms with Crippen LogP contribution < -0.4 is 10.5 Å². The SMILES string of the molecule is CCOc1ccc2cc(CCN)[nH]c2c1. The van der Waals surface area contributed by atoms with Crippen LogP contribution in [0.25, 0.3) is 10.9 Å². The number of benzene rings is 1. The molecule has 0 fully saturated rings. The second kappa shape index (κ2) is 4.36. The number of H-pyrrole nitrogens is 1. The third kappa shape index (κ3) is 2.13. The molecule has 0 spiro atoms. The van der Waals surface area contributed by atoms with Crippen molar-refractivity contribution >= 4 is 10.9 Å². The Kier molecular flexibility index (Phi) is 2.92. The minimum atomic E-state index is 0.672. The van der Waals surface area contributed by atoms with Crippen LogP contribution in [-0.4, -0.2) is 18.1 Å². The number of nitrogens with one attached hydrogen (secondary N) is 1. The van der Waals surface area contributed by atoms with Crippen LogP contribution in [0.4, 0.5) is 0 Å². The monoisotopic (exact) mass is 204 g/mol. The molecule has 0 amide bonds. The summed E-state index contributed by atoms with van der Waals surface area (Å²) in [6.45, 7) is 3.35. The number of aromatic nitrogens is 1. The van der Waals surface area contributed by atoms with Gasteiger partial charge >= 0.3 is 0 Å². The Morgan fingerprint density at radius 2 is 2.20 bits per heavy atom. The number of aromatic amines is 1. The predicted octanol–water partition coefficient (Wildman–Crippen LogP) is 2.07. The van der Waals surface area contributed by atoms with E-state index in [0.29, 0.717) is 13.2 Å². The van der Waals surface area contributed by atoms with Gasteiger partial charge in [0.15, 0.2) is 0 Å². The molecule has 3 nitrogen and oxygen atoms in total. The fourth-order valence-corrected chi connectivity index (χ4v) is 1.71. The van der Waals surface area contributed by atoms with Crippen LogP contribution in [0, 0.1) is 0 Å². The summed E-state index contributed by atoms with van der Waals surface area (Å²) in [4.78, 5) is 3.34. The number of fused-ring (bicyclic) bond motifs is 1. The van der Waals surface area contributed by atoms with Crippen molar-refractivity contribution in [3.8, 4) is 5.75 Å². The molecular weight excluding hydrogens is 188 g/mol. The van der Waals surface area contributed by atoms with Crippen LogP contribution in [0.3, 0.4) is 0 Å². The van der Waals surface area contributed by atoms with Gasteiger partial charge in [-0.1, -0.05) is 0 Å². The summed E-state index contributed by atoms with van der Waals surface area (Å²) in [5.41, 5.74) is 7.81. The highest BCUT2D eigenvalue weighted by Gasteiger charge is 2.01. The third-order valence-electron chi connectivity index (χ3n) is 2.37. The van der Waals surface area contributed by atoms with Crippen molar-refractivity contribution in [2.45, 2.75) is 13.3 Å². The lowest BCUT2D eigenvalue weighted by molar-refractivity contribution is 0.340. The zero-order chi connectivity index (χ0) is 10.7. The van der Waals surface area contributed by atoms with Gasteiger partial charge in [-0.25, -0.2) is 0 Å². The normalized spacial score (nSPS) is 10.8. The average molecular weight is 204 g/mol. The first-order valence-corrected chi connectivity index (χ1v) is 5.28. The summed E-state index contributed by atoms with van der Waals surface area (Å²) in [6.07, 6.45) is 0.888. The van der Waals surface area contributed by atoms with Crippen LogP contribution in [-0.2, 0) is 6.42 Å². The van der Waals surface area contributed by atoms with Gasteiger partial charge in [-0.2, -0.15) is 0 Å². The van der Waals surface area contributed by atoms with Crippen LogP contribution in [0.1, 0.15) is 12.6 Å². The second-order valence-corrected chi connectivity index (χ2v) is 3.52. The van der Waals surface area contributed by atoms with Gasteiger partial charge in [-0.05, 0) is 43.5 Å². The average Bonchev–Trinajstić information content (AvgIpc) is 2.60. The molecule has 0 aliphatic carbocycles. The van der Waals surface area contributed by atoms with Gasteiger partial charge in [0.2, 0.25) is 0 Å². The topological polar surface area (TPSA) is 51.0 Å². The standard InChI is InChI=1S/C12H16N2O/c1-2-15-11-4-3-9-7-10(5-6-13)14-12(9)8-11/h3-4,7-8,14H,2,5-6,13H2,1H3. The molecule has 3 N–H and O–H groups in total. The lowest BCUT2D eigenvalue weighted by atomic mass is 10.2. The first-order valence-electron chi connectivity index (χ1n) is 5.28. The summed E-state index contributed by atoms with van der Waals surface area (Å²) in [7, 11) is 0. The maximum atomic E-state index is 5.52. The Hall–Kier alpha value is -1.48. The van der Waals surface area contributed by atoms with E-state index in [-0.39, 0.29) is 0 Å². The lowest BCUT2D eigenvalue weighted by Crippen LogP contribution is -2.02. The van der Waals surface area contributed by atoms with Crippen molar-refractivity contribution in [3.63, 3.8) is 0 Å². The van der Waals surface area contributed by atoms with Gasteiger partial charge in [-0.3, -0.25) is 0 Å². The summed E-state index contributed by atoms with van der Waals surface area (Å²) in [6, 6.07) is 8.22. The van der Waals surface area contributed by atoms with Gasteiger partial charge < -0.3 is 15.5 Å². The van der Waals surface area contributed by atoms with Crippen molar-refractivity contribution in [1.29, 1.82) is 0 Å². The van der Waals surface area contributed by atoms with E-state index in [4.69, 9.17) is 10.5 Å². The molecule has 80 valence electrons. The van der Waals surface area contributed by atoms with E-state index in [1.165, 1.54) is 11.1 Å². The Balaban J connectivity index is 2.34. The number of hydrogen-bond donors (Lipinski definition) is 2. The van der Waals surface area contributed by atoms with Crippen molar-refractivity contribution in [2.75, 3.05) is 13.2 Å². The van der Waals surface area contributed by atoms with Crippen LogP contribution in [0.5, 0.6) is 5.75 Å². The van der Waals surface area contributed by atoms with Crippen LogP contribution in [0.15, 0.2) is 24.3 Å². The Morgan fingerprint density at radius 1 is 1.33 bits per heavy atom. The van der Waals surface area contributed by atoms with E-state index in [1.807, 2.05) is 19.1 Å². The molecule has 1 heterocycles. The molecule has 0 atom stereocenters. The quantitative estimate of drug-likeness (QED) is 0.801. The maximum absolute atomic E-state index is 5.52. The third-order valence-corrected chi connectivity index (χ3v) is 2.37. The van der Waals surface area contributed by atoms with Crippen LogP contribution >= 0.6 is 0 Å². The Morgan fingerprint density at radius 3 is 2.93 bits per heavy atom. The van der Waals surface area contributed by atoms with E-state index in [9.17, 15) is 0 Å². The molecule has 0 aliphatic heterocycles. The number of nitrogens with two attached hydrogens (primary N) is 1. The summed E-state index contributed by atoms with van der Waals surface area (Å²) in [5, 5.41) is 1.21. The van der Waals surface area contributed by atoms with Gasteiger partial charge in [0.05, 0.1) is 6.61 Å². The van der Waals surface area contributed by atoms with Gasteiger partial charge in [0.1, 0.15) is 5.75 Å². The zero-order valence-corrected chi connectivity index (χ0v) is 8.92. The highest BCUT2D eigenvalue weighted by Crippen LogP contribution is 2.21. The van der Waals surface area contributed by atoms with Crippen LogP contribution in [0.2, 0.25) is 0 Å². The minimum Gasteiger partial charge on any atom is -0.494 e. The van der Waals surface area contributed by atoms with Crippen molar-refractivity contribution in [1.82, 2.24) is 4.98 Å². The van der Waals surface area contributed by atoms with E-state index < -0.39 is 0 Å². The molecule has 0 unspecified atom stereocenters. The highest BCUT2D eigenvalue weighted by molar-refractivity contribution is 5.81. The largest absolute Gasteiger partial charge is 0.494 e. The van der Waals surface area contributed by atoms with E-state index in [2.05, 4.69) is 17.1 Å². The number of ether oxygens (including phenoxy) is 1. The molecule has 3 heteroatoms. The molecule has 0 radical (unpaired) electrons. The molecule has 2 rings (SSSR count). The molecule has 0 aliphatic rings. The molecule has 1 aromatic carbocycles. The smallest absolute Gasteiger partial charge is 0.121 e. The first kappa shape index (κ1) is 10.1. The maximum Gasteiger partial charge on any atom is 0.121 e. The molecule has 0 bridgehead atoms. The predicted molar refractivity (Wildman–Crippen MR) is 62.2 cm³/mol. The first-order chi connectivity index (χ1) is 7.33. The lowest BCUT2D eigenvalue weighted by Gasteiger charge is -2.01. The van der Waals surface area contributed by atoms with Crippen molar-refractivity contribution in [3.05, 3.63) is 30.0 Å². The molecule has 1 aromatic heterocycles. The van der Waals surface area contributed by atoms with Gasteiger partial charge in [-0.15, -0.1) is 0 Å². The van der Waals surface area contributed by atoms with Gasteiger partial charge in [0, 0.05) is 17.3 Å². The van der Waals surface area contributed by atoms with Gasteiger partial charge in [0.25, 0.3) is 0 Å². The summed E-state index contributed by atoms with van der Waals surface area (Å²) >= 11 is 0. The fraction of sp³-hybridized carbons (Fsp3) is 0.333.